The predicted molar refractivity (Wildman–Crippen MR) is 96.5 cm³/mol. The Hall–Kier alpha value is -3.21. The van der Waals surface area contributed by atoms with Gasteiger partial charge in [-0.05, 0) is 41.5 Å². The average Bonchev–Trinajstić information content (AvgIpc) is 2.98. The second-order valence-corrected chi connectivity index (χ2v) is 5.89. The second kappa shape index (κ2) is 5.45. The van der Waals surface area contributed by atoms with Crippen molar-refractivity contribution < 1.29 is 5.11 Å². The molecule has 0 unspecified atom stereocenters. The van der Waals surface area contributed by atoms with Gasteiger partial charge in [0.1, 0.15) is 11.6 Å². The number of benzene rings is 2. The van der Waals surface area contributed by atoms with E-state index >= 15 is 0 Å². The normalized spacial score (nSPS) is 14.6. The van der Waals surface area contributed by atoms with Gasteiger partial charge in [-0.15, -0.1) is 0 Å². The molecule has 3 N–H and O–H groups in total. The minimum atomic E-state index is 0.295. The van der Waals surface area contributed by atoms with Crippen LogP contribution in [0.2, 0.25) is 0 Å². The third kappa shape index (κ3) is 2.31. The van der Waals surface area contributed by atoms with Gasteiger partial charge in [0.05, 0.1) is 18.3 Å². The fraction of sp³-hybridized carbons (Fsp3) is 0.105. The van der Waals surface area contributed by atoms with Gasteiger partial charge in [0, 0.05) is 18.1 Å². The number of aliphatic hydroxyl groups is 1. The molecule has 4 rings (SSSR count). The third-order valence-electron chi connectivity index (χ3n) is 4.34. The Morgan fingerprint density at radius 1 is 1.12 bits per heavy atom. The predicted octanol–water partition coefficient (Wildman–Crippen LogP) is 3.30. The van der Waals surface area contributed by atoms with E-state index in [1.54, 1.807) is 12.2 Å². The van der Waals surface area contributed by atoms with Crippen LogP contribution in [0.25, 0.3) is 22.0 Å². The minimum absolute atomic E-state index is 0.295. The lowest BCUT2D eigenvalue weighted by Crippen LogP contribution is -2.31. The summed E-state index contributed by atoms with van der Waals surface area (Å²) in [5.41, 5.74) is 10.3. The Balaban J connectivity index is 1.80. The molecule has 5 nitrogen and oxygen atoms in total. The van der Waals surface area contributed by atoms with Gasteiger partial charge in [-0.25, -0.2) is 0 Å². The van der Waals surface area contributed by atoms with Gasteiger partial charge < -0.3 is 15.7 Å². The molecular weight excluding hydrogens is 300 g/mol. The van der Waals surface area contributed by atoms with Gasteiger partial charge in [0.25, 0.3) is 0 Å². The first-order valence-corrected chi connectivity index (χ1v) is 7.77. The molecule has 2 aromatic carbocycles. The number of hydrogen-bond acceptors (Lipinski definition) is 4. The van der Waals surface area contributed by atoms with Gasteiger partial charge in [0.2, 0.25) is 0 Å². The maximum absolute atomic E-state index is 9.80. The Labute approximate surface area is 139 Å². The monoisotopic (exact) mass is 318 g/mol. The van der Waals surface area contributed by atoms with E-state index < -0.39 is 0 Å². The highest BCUT2D eigenvalue weighted by Crippen LogP contribution is 2.31. The van der Waals surface area contributed by atoms with Crippen LogP contribution in [0, 0.1) is 0 Å². The summed E-state index contributed by atoms with van der Waals surface area (Å²) in [5.74, 6) is 0.911. The molecular formula is C19H18N4O. The first kappa shape index (κ1) is 14.4. The molecule has 0 amide bonds. The lowest BCUT2D eigenvalue weighted by atomic mass is 10.0. The topological polar surface area (TPSA) is 67.3 Å². The summed E-state index contributed by atoms with van der Waals surface area (Å²) in [6, 6.07) is 14.3. The van der Waals surface area contributed by atoms with Crippen molar-refractivity contribution in [2.45, 2.75) is 0 Å². The van der Waals surface area contributed by atoms with Gasteiger partial charge in [0.15, 0.2) is 0 Å². The number of fused-ring (bicyclic) bond motifs is 1. The van der Waals surface area contributed by atoms with E-state index in [0.29, 0.717) is 18.1 Å². The van der Waals surface area contributed by atoms with Crippen molar-refractivity contribution in [3.63, 3.8) is 0 Å². The maximum Gasteiger partial charge on any atom is 0.112 e. The summed E-state index contributed by atoms with van der Waals surface area (Å²) < 4.78 is 1.87. The molecule has 0 saturated heterocycles. The molecule has 1 aliphatic heterocycles. The van der Waals surface area contributed by atoms with Crippen molar-refractivity contribution in [1.29, 1.82) is 0 Å². The van der Waals surface area contributed by atoms with Crippen molar-refractivity contribution in [2.75, 3.05) is 11.4 Å². The fourth-order valence-corrected chi connectivity index (χ4v) is 3.09. The molecule has 0 aliphatic carbocycles. The molecule has 0 saturated carbocycles. The molecule has 0 spiro atoms. The smallest absolute Gasteiger partial charge is 0.112 e. The van der Waals surface area contributed by atoms with Crippen LogP contribution in [0.15, 0.2) is 72.4 Å². The average molecular weight is 318 g/mol. The summed E-state index contributed by atoms with van der Waals surface area (Å²) in [7, 11) is 1.94. The van der Waals surface area contributed by atoms with Crippen LogP contribution >= 0.6 is 0 Å². The van der Waals surface area contributed by atoms with Crippen molar-refractivity contribution in [2.24, 2.45) is 12.8 Å². The van der Waals surface area contributed by atoms with Crippen LogP contribution in [0.4, 0.5) is 5.69 Å². The Kier molecular flexibility index (Phi) is 3.27. The molecule has 0 atom stereocenters. The number of hydrogen-bond donors (Lipinski definition) is 2. The van der Waals surface area contributed by atoms with Crippen LogP contribution in [0.5, 0.6) is 0 Å². The number of aliphatic hydroxyl groups excluding tert-OH is 1. The summed E-state index contributed by atoms with van der Waals surface area (Å²) in [6.07, 6.45) is 5.24. The number of anilines is 1. The number of allylic oxidation sites excluding steroid dienone is 2. The highest BCUT2D eigenvalue weighted by atomic mass is 16.3. The number of aromatic nitrogens is 2. The standard InChI is InChI=1S/C19H18N4O/c1-22-18-7-3-6-16(17(18)11-21-22)13-4-2-5-14(10-13)23-12-15(24)8-9-19(23)20/h2-11,24H,12,20H2,1H3. The Morgan fingerprint density at radius 2 is 1.96 bits per heavy atom. The first-order chi connectivity index (χ1) is 11.6. The zero-order valence-electron chi connectivity index (χ0n) is 13.3. The Morgan fingerprint density at radius 3 is 2.83 bits per heavy atom. The largest absolute Gasteiger partial charge is 0.510 e. The summed E-state index contributed by atoms with van der Waals surface area (Å²) in [5, 5.41) is 15.3. The molecule has 0 fully saturated rings. The lowest BCUT2D eigenvalue weighted by Gasteiger charge is -2.27. The molecule has 0 radical (unpaired) electrons. The molecule has 3 aromatic rings. The van der Waals surface area contributed by atoms with E-state index in [0.717, 1.165) is 27.7 Å². The minimum Gasteiger partial charge on any atom is -0.510 e. The van der Waals surface area contributed by atoms with E-state index in [9.17, 15) is 5.11 Å². The molecule has 0 bridgehead atoms. The van der Waals surface area contributed by atoms with Gasteiger partial charge >= 0.3 is 0 Å². The second-order valence-electron chi connectivity index (χ2n) is 5.89. The molecule has 1 aliphatic rings. The summed E-state index contributed by atoms with van der Waals surface area (Å²) >= 11 is 0. The van der Waals surface area contributed by atoms with Crippen LogP contribution in [0.1, 0.15) is 0 Å². The molecule has 120 valence electrons. The SMILES string of the molecule is Cn1ncc2c(-c3cccc(N4CC(O)=CC=C4N)c3)cccc21. The Bertz CT molecular complexity index is 984. The number of nitrogens with two attached hydrogens (primary N) is 1. The molecule has 24 heavy (non-hydrogen) atoms. The first-order valence-electron chi connectivity index (χ1n) is 7.77. The van der Waals surface area contributed by atoms with E-state index in [1.807, 2.05) is 41.0 Å². The van der Waals surface area contributed by atoms with Crippen molar-refractivity contribution in [3.05, 3.63) is 72.4 Å². The molecule has 2 heterocycles. The fourth-order valence-electron chi connectivity index (χ4n) is 3.09. The van der Waals surface area contributed by atoms with E-state index in [4.69, 9.17) is 5.73 Å². The van der Waals surface area contributed by atoms with Gasteiger partial charge in [-0.2, -0.15) is 5.10 Å². The van der Waals surface area contributed by atoms with Gasteiger partial charge in [-0.3, -0.25) is 4.68 Å². The van der Waals surface area contributed by atoms with E-state index in [-0.39, 0.29) is 0 Å². The lowest BCUT2D eigenvalue weighted by molar-refractivity contribution is 0.399. The van der Waals surface area contributed by atoms with Crippen molar-refractivity contribution in [1.82, 2.24) is 9.78 Å². The van der Waals surface area contributed by atoms with Crippen LogP contribution in [-0.2, 0) is 7.05 Å². The van der Waals surface area contributed by atoms with Crippen LogP contribution in [0.3, 0.4) is 0 Å². The number of nitrogens with zero attached hydrogens (tertiary/aromatic N) is 3. The quantitative estimate of drug-likeness (QED) is 0.761. The molecule has 5 heteroatoms. The number of rotatable bonds is 2. The highest BCUT2D eigenvalue weighted by Gasteiger charge is 2.15. The number of aryl methyl sites for hydroxylation is 1. The van der Waals surface area contributed by atoms with Gasteiger partial charge in [-0.1, -0.05) is 24.3 Å². The van der Waals surface area contributed by atoms with Crippen LogP contribution in [-0.4, -0.2) is 21.4 Å². The van der Waals surface area contributed by atoms with E-state index in [2.05, 4.69) is 29.4 Å². The molecule has 1 aromatic heterocycles. The summed E-state index contributed by atoms with van der Waals surface area (Å²) in [4.78, 5) is 1.89. The summed E-state index contributed by atoms with van der Waals surface area (Å²) in [6.45, 7) is 0.378. The maximum atomic E-state index is 9.80. The highest BCUT2D eigenvalue weighted by molar-refractivity contribution is 5.95. The van der Waals surface area contributed by atoms with Crippen molar-refractivity contribution in [3.8, 4) is 11.1 Å². The van der Waals surface area contributed by atoms with Crippen molar-refractivity contribution >= 4 is 16.6 Å². The zero-order chi connectivity index (χ0) is 16.7. The third-order valence-corrected chi connectivity index (χ3v) is 4.34. The van der Waals surface area contributed by atoms with E-state index in [1.165, 1.54) is 0 Å². The zero-order valence-corrected chi connectivity index (χ0v) is 13.3. The van der Waals surface area contributed by atoms with Crippen LogP contribution < -0.4 is 10.6 Å².